The Bertz CT molecular complexity index is 868. The first kappa shape index (κ1) is 19.3. The van der Waals surface area contributed by atoms with Gasteiger partial charge in [0.05, 0.1) is 22.9 Å². The van der Waals surface area contributed by atoms with Crippen LogP contribution in [0.2, 0.25) is 5.02 Å². The summed E-state index contributed by atoms with van der Waals surface area (Å²) >= 11 is 6.82. The summed E-state index contributed by atoms with van der Waals surface area (Å²) in [4.78, 5) is 27.6. The van der Waals surface area contributed by atoms with E-state index in [1.165, 1.54) is 24.5 Å². The number of hydrogen-bond acceptors (Lipinski definition) is 5. The summed E-state index contributed by atoms with van der Waals surface area (Å²) < 4.78 is 44.3. The first-order valence-corrected chi connectivity index (χ1v) is 8.51. The van der Waals surface area contributed by atoms with E-state index in [1.54, 1.807) is 6.92 Å². The van der Waals surface area contributed by atoms with Crippen LogP contribution in [0.1, 0.15) is 23.0 Å². The number of alkyl halides is 3. The molecule has 0 unspecified atom stereocenters. The number of benzene rings is 1. The van der Waals surface area contributed by atoms with Crippen LogP contribution in [0, 0.1) is 0 Å². The Kier molecular flexibility index (Phi) is 5.79. The number of rotatable bonds is 4. The third-order valence-electron chi connectivity index (χ3n) is 3.06. The van der Waals surface area contributed by atoms with Gasteiger partial charge in [-0.25, -0.2) is 9.78 Å². The van der Waals surface area contributed by atoms with Crippen molar-refractivity contribution in [3.8, 4) is 5.69 Å². The Morgan fingerprint density at radius 2 is 2.04 bits per heavy atom. The van der Waals surface area contributed by atoms with Crippen molar-refractivity contribution >= 4 is 29.3 Å². The van der Waals surface area contributed by atoms with Crippen molar-refractivity contribution in [1.82, 2.24) is 9.55 Å². The summed E-state index contributed by atoms with van der Waals surface area (Å²) in [6, 6.07) is 4.44. The molecule has 0 amide bonds. The molecule has 10 heteroatoms. The second-order valence-electron chi connectivity index (χ2n) is 4.68. The lowest BCUT2D eigenvalue weighted by molar-refractivity contribution is -0.141. The van der Waals surface area contributed by atoms with Gasteiger partial charge in [-0.1, -0.05) is 23.4 Å². The van der Waals surface area contributed by atoms with Crippen molar-refractivity contribution in [2.75, 3.05) is 12.9 Å². The van der Waals surface area contributed by atoms with Crippen LogP contribution in [-0.4, -0.2) is 28.4 Å². The molecule has 25 heavy (non-hydrogen) atoms. The Morgan fingerprint density at radius 3 is 2.60 bits per heavy atom. The minimum absolute atomic E-state index is 0.000123. The van der Waals surface area contributed by atoms with Crippen molar-refractivity contribution in [2.24, 2.45) is 0 Å². The molecule has 0 aliphatic heterocycles. The van der Waals surface area contributed by atoms with E-state index in [0.29, 0.717) is 6.07 Å². The molecule has 0 aliphatic rings. The van der Waals surface area contributed by atoms with Crippen LogP contribution in [0.4, 0.5) is 13.2 Å². The van der Waals surface area contributed by atoms with E-state index in [0.717, 1.165) is 16.3 Å². The molecule has 1 heterocycles. The topological polar surface area (TPSA) is 61.2 Å². The number of nitrogens with zero attached hydrogens (tertiary/aromatic N) is 2. The minimum atomic E-state index is -4.74. The molecule has 2 aromatic rings. The lowest BCUT2D eigenvalue weighted by Crippen LogP contribution is -2.25. The number of aromatic nitrogens is 2. The van der Waals surface area contributed by atoms with E-state index >= 15 is 0 Å². The zero-order valence-corrected chi connectivity index (χ0v) is 14.6. The first-order valence-electron chi connectivity index (χ1n) is 6.91. The average molecular weight is 393 g/mol. The lowest BCUT2D eigenvalue weighted by Gasteiger charge is -2.14. The minimum Gasteiger partial charge on any atom is -0.462 e. The van der Waals surface area contributed by atoms with Crippen molar-refractivity contribution in [3.05, 3.63) is 50.9 Å². The van der Waals surface area contributed by atoms with Crippen molar-refractivity contribution in [1.29, 1.82) is 0 Å². The molecule has 1 aromatic heterocycles. The second-order valence-corrected chi connectivity index (χ2v) is 5.86. The predicted molar refractivity (Wildman–Crippen MR) is 87.6 cm³/mol. The highest BCUT2D eigenvalue weighted by Gasteiger charge is 2.34. The van der Waals surface area contributed by atoms with Gasteiger partial charge in [0, 0.05) is 6.07 Å². The molecule has 0 bridgehead atoms. The fourth-order valence-electron chi connectivity index (χ4n) is 2.00. The van der Waals surface area contributed by atoms with Gasteiger partial charge >= 0.3 is 12.1 Å². The maximum Gasteiger partial charge on any atom is 0.433 e. The van der Waals surface area contributed by atoms with Gasteiger partial charge < -0.3 is 4.74 Å². The van der Waals surface area contributed by atoms with E-state index in [2.05, 4.69) is 4.98 Å². The normalized spacial score (nSPS) is 11.4. The smallest absolute Gasteiger partial charge is 0.433 e. The van der Waals surface area contributed by atoms with Crippen LogP contribution < -0.4 is 5.56 Å². The summed E-state index contributed by atoms with van der Waals surface area (Å²) in [5.41, 5.74) is -2.05. The molecule has 0 saturated carbocycles. The van der Waals surface area contributed by atoms with Crippen LogP contribution in [0.5, 0.6) is 0 Å². The summed E-state index contributed by atoms with van der Waals surface area (Å²) in [6.45, 7) is 1.74. The van der Waals surface area contributed by atoms with Gasteiger partial charge in [-0.15, -0.1) is 0 Å². The highest BCUT2D eigenvalue weighted by molar-refractivity contribution is 7.98. The second kappa shape index (κ2) is 7.49. The van der Waals surface area contributed by atoms with Crippen LogP contribution in [0.15, 0.2) is 34.2 Å². The summed E-state index contributed by atoms with van der Waals surface area (Å²) in [5.74, 6) is -0.701. The predicted octanol–water partition coefficient (Wildman–Crippen LogP) is 3.80. The molecule has 0 saturated heterocycles. The molecule has 0 N–H and O–H groups in total. The monoisotopic (exact) mass is 392 g/mol. The Morgan fingerprint density at radius 1 is 1.36 bits per heavy atom. The Balaban J connectivity index is 2.65. The zero-order valence-electron chi connectivity index (χ0n) is 13.1. The van der Waals surface area contributed by atoms with Crippen LogP contribution in [-0.2, 0) is 10.9 Å². The number of esters is 1. The zero-order chi connectivity index (χ0) is 18.8. The summed E-state index contributed by atoms with van der Waals surface area (Å²) in [5, 5.41) is -0.0715. The molecular weight excluding hydrogens is 381 g/mol. The van der Waals surface area contributed by atoms with Gasteiger partial charge in [0.15, 0.2) is 10.9 Å². The van der Waals surface area contributed by atoms with Gasteiger partial charge in [0.1, 0.15) is 0 Å². The molecule has 0 radical (unpaired) electrons. The lowest BCUT2D eigenvalue weighted by atomic mass is 10.2. The van der Waals surface area contributed by atoms with E-state index in [-0.39, 0.29) is 28.0 Å². The Hall–Kier alpha value is -2.00. The molecule has 5 nitrogen and oxygen atoms in total. The number of carbonyl (C=O) groups excluding carboxylic acids is 1. The highest BCUT2D eigenvalue weighted by atomic mass is 35.5. The quantitative estimate of drug-likeness (QED) is 0.450. The largest absolute Gasteiger partial charge is 0.462 e. The van der Waals surface area contributed by atoms with E-state index in [1.807, 2.05) is 0 Å². The molecule has 134 valence electrons. The van der Waals surface area contributed by atoms with Crippen molar-refractivity contribution in [3.63, 3.8) is 0 Å². The van der Waals surface area contributed by atoms with Crippen molar-refractivity contribution < 1.29 is 22.7 Å². The number of halogens is 4. The van der Waals surface area contributed by atoms with Gasteiger partial charge in [0.2, 0.25) is 0 Å². The van der Waals surface area contributed by atoms with Gasteiger partial charge in [0.25, 0.3) is 5.56 Å². The van der Waals surface area contributed by atoms with Crippen LogP contribution >= 0.6 is 23.4 Å². The van der Waals surface area contributed by atoms with Gasteiger partial charge in [-0.05, 0) is 31.4 Å². The molecule has 0 spiro atoms. The number of hydrogen-bond donors (Lipinski definition) is 0. The van der Waals surface area contributed by atoms with E-state index in [4.69, 9.17) is 16.3 Å². The fourth-order valence-corrected chi connectivity index (χ4v) is 2.76. The van der Waals surface area contributed by atoms with Gasteiger partial charge in [-0.3, -0.25) is 9.36 Å². The molecule has 1 aromatic carbocycles. The van der Waals surface area contributed by atoms with Crippen molar-refractivity contribution in [2.45, 2.75) is 18.3 Å². The summed E-state index contributed by atoms with van der Waals surface area (Å²) in [6.07, 6.45) is -3.25. The van der Waals surface area contributed by atoms with E-state index in [9.17, 15) is 22.8 Å². The van der Waals surface area contributed by atoms with Crippen LogP contribution in [0.3, 0.4) is 0 Å². The molecular formula is C15H12ClF3N2O3S. The standard InChI is InChI=1S/C15H12ClF3N2O3S/c1-3-24-13(23)9-6-8(4-5-10(9)16)21-12(22)7-11(15(17,18)19)20-14(21)25-2/h4-7H,3H2,1-2H3. The average Bonchev–Trinajstić information content (AvgIpc) is 2.54. The number of carbonyl (C=O) groups is 1. The van der Waals surface area contributed by atoms with Gasteiger partial charge in [-0.2, -0.15) is 13.2 Å². The maximum atomic E-state index is 12.8. The SMILES string of the molecule is CCOC(=O)c1cc(-n2c(SC)nc(C(F)(F)F)cc2=O)ccc1Cl. The molecule has 0 fully saturated rings. The Labute approximate surface area is 149 Å². The third kappa shape index (κ3) is 4.16. The highest BCUT2D eigenvalue weighted by Crippen LogP contribution is 2.29. The molecule has 0 aliphatic carbocycles. The van der Waals surface area contributed by atoms with E-state index < -0.39 is 23.4 Å². The van der Waals surface area contributed by atoms with Crippen LogP contribution in [0.25, 0.3) is 5.69 Å². The maximum absolute atomic E-state index is 12.8. The number of ether oxygens (including phenoxy) is 1. The number of thioether (sulfide) groups is 1. The fraction of sp³-hybridized carbons (Fsp3) is 0.267. The molecule has 2 rings (SSSR count). The summed E-state index contributed by atoms with van der Waals surface area (Å²) in [7, 11) is 0. The third-order valence-corrected chi connectivity index (χ3v) is 4.03. The molecule has 0 atom stereocenters. The first-order chi connectivity index (χ1) is 11.7.